The first-order valence-electron chi connectivity index (χ1n) is 8.41. The van der Waals surface area contributed by atoms with Gasteiger partial charge in [0, 0.05) is 11.8 Å². The van der Waals surface area contributed by atoms with Crippen molar-refractivity contribution in [3.8, 4) is 23.0 Å². The van der Waals surface area contributed by atoms with Crippen LogP contribution in [0.4, 0.5) is 18.9 Å². The molecule has 0 aliphatic heterocycles. The van der Waals surface area contributed by atoms with Crippen LogP contribution in [-0.4, -0.2) is 40.1 Å². The molecule has 0 saturated heterocycles. The molecule has 158 valence electrons. The number of hydrogen-bond donors (Lipinski definition) is 2. The summed E-state index contributed by atoms with van der Waals surface area (Å²) in [7, 11) is 4.40. The van der Waals surface area contributed by atoms with E-state index in [1.165, 1.54) is 27.4 Å². The number of hydrogen-bond acceptors (Lipinski definition) is 5. The average molecular weight is 413 g/mol. The summed E-state index contributed by atoms with van der Waals surface area (Å²) in [5.41, 5.74) is 7.23. The van der Waals surface area contributed by atoms with E-state index >= 15 is 0 Å². The van der Waals surface area contributed by atoms with Crippen LogP contribution in [0.5, 0.6) is 23.0 Å². The van der Waals surface area contributed by atoms with Crippen LogP contribution in [0.1, 0.15) is 5.56 Å². The minimum absolute atomic E-state index is 0.00557. The van der Waals surface area contributed by atoms with Crippen molar-refractivity contribution in [3.05, 3.63) is 42.0 Å². The maximum absolute atomic E-state index is 12.3. The van der Waals surface area contributed by atoms with E-state index in [9.17, 15) is 13.2 Å². The van der Waals surface area contributed by atoms with Crippen molar-refractivity contribution < 1.29 is 32.1 Å². The van der Waals surface area contributed by atoms with Gasteiger partial charge in [-0.3, -0.25) is 0 Å². The Morgan fingerprint density at radius 1 is 0.931 bits per heavy atom. The normalized spacial score (nSPS) is 11.7. The van der Waals surface area contributed by atoms with E-state index in [1.54, 1.807) is 30.3 Å². The Bertz CT molecular complexity index is 857. The summed E-state index contributed by atoms with van der Waals surface area (Å²) in [6.45, 7) is -1.22. The molecule has 0 aliphatic rings. The molecule has 29 heavy (non-hydrogen) atoms. The molecule has 2 aromatic carbocycles. The van der Waals surface area contributed by atoms with Crippen LogP contribution in [0, 0.1) is 0 Å². The second-order valence-electron chi connectivity index (χ2n) is 5.79. The Hall–Kier alpha value is -3.30. The highest BCUT2D eigenvalue weighted by atomic mass is 19.4. The number of methoxy groups -OCH3 is 3. The molecule has 10 heteroatoms. The molecule has 0 aliphatic carbocycles. The maximum atomic E-state index is 12.3. The van der Waals surface area contributed by atoms with Gasteiger partial charge in [-0.15, -0.1) is 0 Å². The minimum Gasteiger partial charge on any atom is -0.493 e. The molecule has 2 rings (SSSR count). The van der Waals surface area contributed by atoms with Crippen molar-refractivity contribution in [1.82, 2.24) is 0 Å². The lowest BCUT2D eigenvalue weighted by molar-refractivity contribution is -0.153. The lowest BCUT2D eigenvalue weighted by Crippen LogP contribution is -2.22. The molecule has 3 N–H and O–H groups in total. The number of guanidine groups is 1. The topological polar surface area (TPSA) is 87.3 Å². The minimum atomic E-state index is -4.43. The van der Waals surface area contributed by atoms with Gasteiger partial charge in [-0.25, -0.2) is 4.99 Å². The average Bonchev–Trinajstić information content (AvgIpc) is 2.70. The number of alkyl halides is 3. The van der Waals surface area contributed by atoms with Crippen LogP contribution in [-0.2, 0) is 6.54 Å². The summed E-state index contributed by atoms with van der Waals surface area (Å²) in [5, 5.41) is 2.93. The fraction of sp³-hybridized carbons (Fsp3) is 0.316. The lowest BCUT2D eigenvalue weighted by Gasteiger charge is -2.13. The quantitative estimate of drug-likeness (QED) is 0.508. The molecule has 0 heterocycles. The van der Waals surface area contributed by atoms with E-state index < -0.39 is 12.8 Å². The van der Waals surface area contributed by atoms with Crippen LogP contribution >= 0.6 is 0 Å². The van der Waals surface area contributed by atoms with Crippen molar-refractivity contribution in [3.63, 3.8) is 0 Å². The molecule has 0 saturated carbocycles. The van der Waals surface area contributed by atoms with Gasteiger partial charge in [-0.1, -0.05) is 6.07 Å². The third-order valence-electron chi connectivity index (χ3n) is 3.71. The predicted molar refractivity (Wildman–Crippen MR) is 103 cm³/mol. The highest BCUT2D eigenvalue weighted by Gasteiger charge is 2.29. The summed E-state index contributed by atoms with van der Waals surface area (Å²) >= 11 is 0. The number of halogens is 3. The number of rotatable bonds is 8. The molecule has 0 spiro atoms. The van der Waals surface area contributed by atoms with Gasteiger partial charge in [0.25, 0.3) is 0 Å². The van der Waals surface area contributed by atoms with Gasteiger partial charge in [0.05, 0.1) is 27.9 Å². The fourth-order valence-electron chi connectivity index (χ4n) is 2.37. The molecule has 7 nitrogen and oxygen atoms in total. The molecule has 0 aromatic heterocycles. The highest BCUT2D eigenvalue weighted by molar-refractivity contribution is 5.92. The molecular weight excluding hydrogens is 391 g/mol. The Morgan fingerprint density at radius 2 is 1.55 bits per heavy atom. The van der Waals surface area contributed by atoms with Crippen LogP contribution < -0.4 is 30.0 Å². The third-order valence-corrected chi connectivity index (χ3v) is 3.71. The number of benzene rings is 2. The van der Waals surface area contributed by atoms with Gasteiger partial charge in [-0.05, 0) is 29.8 Å². The van der Waals surface area contributed by atoms with Crippen LogP contribution in [0.25, 0.3) is 0 Å². The van der Waals surface area contributed by atoms with Gasteiger partial charge >= 0.3 is 6.18 Å². The fourth-order valence-corrected chi connectivity index (χ4v) is 2.37. The number of ether oxygens (including phenoxy) is 4. The zero-order valence-corrected chi connectivity index (χ0v) is 16.2. The van der Waals surface area contributed by atoms with E-state index in [0.717, 1.165) is 0 Å². The number of nitrogens with zero attached hydrogens (tertiary/aromatic N) is 1. The maximum Gasteiger partial charge on any atom is 0.422 e. The molecule has 0 radical (unpaired) electrons. The monoisotopic (exact) mass is 413 g/mol. The predicted octanol–water partition coefficient (Wildman–Crippen LogP) is 3.58. The van der Waals surface area contributed by atoms with E-state index in [1.807, 2.05) is 0 Å². The Labute approximate surface area is 166 Å². The first-order chi connectivity index (χ1) is 13.8. The van der Waals surface area contributed by atoms with E-state index in [0.29, 0.717) is 22.7 Å². The molecule has 0 atom stereocenters. The summed E-state index contributed by atoms with van der Waals surface area (Å²) < 4.78 is 57.2. The largest absolute Gasteiger partial charge is 0.493 e. The zero-order chi connectivity index (χ0) is 21.4. The van der Waals surface area contributed by atoms with Crippen LogP contribution in [0.15, 0.2) is 41.4 Å². The summed E-state index contributed by atoms with van der Waals surface area (Å²) in [5.74, 6) is 1.42. The van der Waals surface area contributed by atoms with Gasteiger partial charge in [0.2, 0.25) is 0 Å². The number of nitrogens with two attached hydrogens (primary N) is 1. The molecule has 0 fully saturated rings. The SMILES string of the molecule is COc1ccc(NC(N)=NCc2ccc(OCC(F)(F)F)c(OC)c2)cc1OC. The molecular formula is C19H22F3N3O4. The van der Waals surface area contributed by atoms with Crippen molar-refractivity contribution in [2.45, 2.75) is 12.7 Å². The van der Waals surface area contributed by atoms with Crippen molar-refractivity contribution in [2.24, 2.45) is 10.7 Å². The van der Waals surface area contributed by atoms with Crippen LogP contribution in [0.2, 0.25) is 0 Å². The number of anilines is 1. The number of aliphatic imine (C=N–C) groups is 1. The highest BCUT2D eigenvalue weighted by Crippen LogP contribution is 2.31. The molecule has 0 amide bonds. The Balaban J connectivity index is 2.04. The third kappa shape index (κ3) is 6.66. The van der Waals surface area contributed by atoms with Gasteiger partial charge in [0.1, 0.15) is 0 Å². The Kier molecular flexibility index (Phi) is 7.40. The zero-order valence-electron chi connectivity index (χ0n) is 16.2. The van der Waals surface area contributed by atoms with Crippen molar-refractivity contribution >= 4 is 11.6 Å². The van der Waals surface area contributed by atoms with Gasteiger partial charge in [0.15, 0.2) is 35.6 Å². The van der Waals surface area contributed by atoms with Crippen molar-refractivity contribution in [1.29, 1.82) is 0 Å². The Morgan fingerprint density at radius 3 is 2.17 bits per heavy atom. The smallest absolute Gasteiger partial charge is 0.422 e. The van der Waals surface area contributed by atoms with E-state index in [-0.39, 0.29) is 24.0 Å². The van der Waals surface area contributed by atoms with Gasteiger partial charge < -0.3 is 30.0 Å². The van der Waals surface area contributed by atoms with E-state index in [2.05, 4.69) is 10.3 Å². The standard InChI is InChI=1S/C19H22F3N3O4/c1-26-14-7-5-13(9-17(14)28-3)25-18(23)24-10-12-4-6-15(16(8-12)27-2)29-11-19(20,21)22/h4-9H,10-11H2,1-3H3,(H3,23,24,25). The summed E-state index contributed by atoms with van der Waals surface area (Å²) in [4.78, 5) is 4.21. The first kappa shape index (κ1) is 22.0. The first-order valence-corrected chi connectivity index (χ1v) is 8.41. The van der Waals surface area contributed by atoms with Gasteiger partial charge in [-0.2, -0.15) is 13.2 Å². The summed E-state index contributed by atoms with van der Waals surface area (Å²) in [6, 6.07) is 9.70. The lowest BCUT2D eigenvalue weighted by atomic mass is 10.2. The second-order valence-corrected chi connectivity index (χ2v) is 5.79. The summed E-state index contributed by atoms with van der Waals surface area (Å²) in [6.07, 6.45) is -4.43. The second kappa shape index (κ2) is 9.76. The van der Waals surface area contributed by atoms with Crippen molar-refractivity contribution in [2.75, 3.05) is 33.3 Å². The molecule has 0 unspecified atom stereocenters. The molecule has 2 aromatic rings. The molecule has 0 bridgehead atoms. The van der Waals surface area contributed by atoms with Crippen LogP contribution in [0.3, 0.4) is 0 Å². The van der Waals surface area contributed by atoms with E-state index in [4.69, 9.17) is 24.7 Å². The number of nitrogens with one attached hydrogen (secondary N) is 1.